The number of nitrogens with zero attached hydrogens (tertiary/aromatic N) is 4. The van der Waals surface area contributed by atoms with Crippen molar-refractivity contribution in [1.29, 1.82) is 0 Å². The zero-order chi connectivity index (χ0) is 14.1. The predicted molar refractivity (Wildman–Crippen MR) is 74.2 cm³/mol. The summed E-state index contributed by atoms with van der Waals surface area (Å²) >= 11 is 1.14. The van der Waals surface area contributed by atoms with Crippen molar-refractivity contribution in [3.8, 4) is 0 Å². The number of imidazole rings is 1. The minimum Gasteiger partial charge on any atom is -0.383 e. The third-order valence-corrected chi connectivity index (χ3v) is 3.28. The van der Waals surface area contributed by atoms with Gasteiger partial charge in [-0.15, -0.1) is 0 Å². The maximum absolute atomic E-state index is 11.4. The molecule has 0 atom stereocenters. The quantitative estimate of drug-likeness (QED) is 0.296. The van der Waals surface area contributed by atoms with Gasteiger partial charge in [0.15, 0.2) is 16.6 Å². The zero-order valence-electron chi connectivity index (χ0n) is 10.1. The predicted octanol–water partition coefficient (Wildman–Crippen LogP) is -0.168. The number of fused-ring (bicyclic) bond motifs is 1. The first-order chi connectivity index (χ1) is 9.65. The number of nitrogen functional groups attached to an aromatic ring is 2. The van der Waals surface area contributed by atoms with Crippen molar-refractivity contribution in [2.75, 3.05) is 11.2 Å². The van der Waals surface area contributed by atoms with E-state index >= 15 is 0 Å². The van der Waals surface area contributed by atoms with E-state index in [1.807, 2.05) is 0 Å². The van der Waals surface area contributed by atoms with Gasteiger partial charge in [0, 0.05) is 18.5 Å². The van der Waals surface area contributed by atoms with E-state index in [4.69, 9.17) is 11.6 Å². The molecule has 3 heterocycles. The van der Waals surface area contributed by atoms with Crippen molar-refractivity contribution in [2.24, 2.45) is 5.84 Å². The molecule has 0 radical (unpaired) electrons. The Kier molecular flexibility index (Phi) is 3.00. The molecule has 20 heavy (non-hydrogen) atoms. The first-order valence-corrected chi connectivity index (χ1v) is 6.32. The average Bonchev–Trinajstić information content (AvgIpc) is 2.85. The number of rotatable bonds is 3. The lowest BCUT2D eigenvalue weighted by Crippen LogP contribution is -2.11. The van der Waals surface area contributed by atoms with E-state index in [1.165, 1.54) is 6.07 Å². The summed E-state index contributed by atoms with van der Waals surface area (Å²) in [6.45, 7) is 0. The van der Waals surface area contributed by atoms with Crippen LogP contribution in [0.1, 0.15) is 0 Å². The number of aromatic nitrogens is 5. The second-order valence-electron chi connectivity index (χ2n) is 3.81. The van der Waals surface area contributed by atoms with Gasteiger partial charge >= 0.3 is 0 Å². The number of hydrogen-bond acceptors (Lipinski definition) is 8. The Bertz CT molecular complexity index is 825. The van der Waals surface area contributed by atoms with Crippen LogP contribution in [-0.2, 0) is 0 Å². The van der Waals surface area contributed by atoms with Crippen LogP contribution in [0.15, 0.2) is 39.6 Å². The van der Waals surface area contributed by atoms with Crippen molar-refractivity contribution in [3.05, 3.63) is 35.0 Å². The van der Waals surface area contributed by atoms with Gasteiger partial charge in [0.05, 0.1) is 6.20 Å². The molecule has 0 aliphatic carbocycles. The molecule has 0 saturated carbocycles. The first kappa shape index (κ1) is 12.4. The normalized spacial score (nSPS) is 10.8. The molecule has 0 aliphatic rings. The number of hydrazine groups is 1. The highest BCUT2D eigenvalue weighted by atomic mass is 32.2. The molecule has 0 saturated heterocycles. The molecule has 0 amide bonds. The molecule has 0 fully saturated rings. The summed E-state index contributed by atoms with van der Waals surface area (Å²) in [5, 5.41) is 0.876. The van der Waals surface area contributed by atoms with Crippen LogP contribution in [0, 0.1) is 0 Å². The van der Waals surface area contributed by atoms with Crippen molar-refractivity contribution < 1.29 is 0 Å². The molecular weight excluding hydrogens is 280 g/mol. The van der Waals surface area contributed by atoms with Crippen molar-refractivity contribution in [3.63, 3.8) is 0 Å². The van der Waals surface area contributed by atoms with Crippen LogP contribution < -0.4 is 22.6 Å². The van der Waals surface area contributed by atoms with E-state index in [1.54, 1.807) is 23.0 Å². The average molecular weight is 290 g/mol. The van der Waals surface area contributed by atoms with Crippen LogP contribution in [0.4, 0.5) is 11.6 Å². The van der Waals surface area contributed by atoms with Gasteiger partial charge in [0.1, 0.15) is 10.8 Å². The summed E-state index contributed by atoms with van der Waals surface area (Å²) in [5.74, 6) is 5.98. The van der Waals surface area contributed by atoms with Crippen LogP contribution in [-0.4, -0.2) is 24.3 Å². The van der Waals surface area contributed by atoms with Gasteiger partial charge in [0.2, 0.25) is 0 Å². The standard InChI is InChI=1S/C10H10N8OS/c11-5-3-7(19)16-10(14-5)20-9-8-13-1-2-18(8)4-6(15-9)17-12/h1-4,17H,12H2,(H3,11,14,16,19). The highest BCUT2D eigenvalue weighted by molar-refractivity contribution is 7.99. The van der Waals surface area contributed by atoms with Crippen molar-refractivity contribution >= 4 is 29.0 Å². The number of hydrogen-bond donors (Lipinski definition) is 4. The number of nitrogens with two attached hydrogens (primary N) is 2. The topological polar surface area (TPSA) is 140 Å². The fourth-order valence-electron chi connectivity index (χ4n) is 1.63. The molecule has 3 aromatic heterocycles. The number of H-pyrrole nitrogens is 1. The summed E-state index contributed by atoms with van der Waals surface area (Å²) in [5.41, 5.74) is 8.31. The van der Waals surface area contributed by atoms with Gasteiger partial charge in [-0.3, -0.25) is 4.79 Å². The van der Waals surface area contributed by atoms with Gasteiger partial charge in [-0.25, -0.2) is 20.8 Å². The number of nitrogens with one attached hydrogen (secondary N) is 2. The fourth-order valence-corrected chi connectivity index (χ4v) is 2.51. The van der Waals surface area contributed by atoms with E-state index < -0.39 is 0 Å². The SMILES string of the molecule is NNc1cn2ccnc2c(Sc2nc(N)cc(=O)[nH]2)n1. The highest BCUT2D eigenvalue weighted by Gasteiger charge is 2.11. The Labute approximate surface area is 116 Å². The molecule has 0 spiro atoms. The Balaban J connectivity index is 2.09. The molecule has 3 aromatic rings. The van der Waals surface area contributed by atoms with Crippen LogP contribution in [0.2, 0.25) is 0 Å². The van der Waals surface area contributed by atoms with Gasteiger partial charge < -0.3 is 20.5 Å². The summed E-state index contributed by atoms with van der Waals surface area (Å²) in [6.07, 6.45) is 5.09. The fraction of sp³-hybridized carbons (Fsp3) is 0. The maximum Gasteiger partial charge on any atom is 0.253 e. The maximum atomic E-state index is 11.4. The molecular formula is C10H10N8OS. The Morgan fingerprint density at radius 3 is 3.00 bits per heavy atom. The minimum atomic E-state index is -0.326. The smallest absolute Gasteiger partial charge is 0.253 e. The summed E-state index contributed by atoms with van der Waals surface area (Å²) < 4.78 is 1.76. The van der Waals surface area contributed by atoms with Gasteiger partial charge in [0.25, 0.3) is 5.56 Å². The lowest BCUT2D eigenvalue weighted by Gasteiger charge is -2.06. The van der Waals surface area contributed by atoms with Gasteiger partial charge in [-0.2, -0.15) is 0 Å². The van der Waals surface area contributed by atoms with E-state index in [-0.39, 0.29) is 11.4 Å². The highest BCUT2D eigenvalue weighted by Crippen LogP contribution is 2.27. The van der Waals surface area contributed by atoms with Crippen molar-refractivity contribution in [2.45, 2.75) is 10.2 Å². The Morgan fingerprint density at radius 1 is 1.40 bits per heavy atom. The molecule has 0 aliphatic heterocycles. The van der Waals surface area contributed by atoms with Crippen molar-refractivity contribution in [1.82, 2.24) is 24.3 Å². The monoisotopic (exact) mass is 290 g/mol. The number of aromatic amines is 1. The van der Waals surface area contributed by atoms with Gasteiger partial charge in [-0.1, -0.05) is 0 Å². The molecule has 0 unspecified atom stereocenters. The van der Waals surface area contributed by atoms with Crippen LogP contribution >= 0.6 is 11.8 Å². The van der Waals surface area contributed by atoms with Crippen LogP contribution in [0.3, 0.4) is 0 Å². The lowest BCUT2D eigenvalue weighted by atomic mass is 10.6. The van der Waals surface area contributed by atoms with E-state index in [0.29, 0.717) is 21.6 Å². The zero-order valence-corrected chi connectivity index (χ0v) is 10.9. The third kappa shape index (κ3) is 2.29. The Morgan fingerprint density at radius 2 is 2.25 bits per heavy atom. The largest absolute Gasteiger partial charge is 0.383 e. The van der Waals surface area contributed by atoms with Crippen LogP contribution in [0.5, 0.6) is 0 Å². The van der Waals surface area contributed by atoms with E-state index in [0.717, 1.165) is 11.8 Å². The number of anilines is 2. The molecule has 10 heteroatoms. The lowest BCUT2D eigenvalue weighted by molar-refractivity contribution is 0.936. The van der Waals surface area contributed by atoms with Crippen LogP contribution in [0.25, 0.3) is 5.65 Å². The molecule has 0 aromatic carbocycles. The minimum absolute atomic E-state index is 0.142. The second kappa shape index (κ2) is 4.83. The second-order valence-corrected chi connectivity index (χ2v) is 4.79. The Hall–Kier alpha value is -2.59. The molecule has 0 bridgehead atoms. The van der Waals surface area contributed by atoms with E-state index in [9.17, 15) is 4.79 Å². The molecule has 6 N–H and O–H groups in total. The third-order valence-electron chi connectivity index (χ3n) is 2.42. The summed E-state index contributed by atoms with van der Waals surface area (Å²) in [7, 11) is 0. The molecule has 3 rings (SSSR count). The van der Waals surface area contributed by atoms with Gasteiger partial charge in [-0.05, 0) is 11.8 Å². The molecule has 9 nitrogen and oxygen atoms in total. The first-order valence-electron chi connectivity index (χ1n) is 5.51. The van der Waals surface area contributed by atoms with E-state index in [2.05, 4.69) is 25.4 Å². The summed E-state index contributed by atoms with van der Waals surface area (Å²) in [4.78, 5) is 26.5. The summed E-state index contributed by atoms with van der Waals surface area (Å²) in [6, 6.07) is 1.21. The molecule has 102 valence electrons.